The third-order valence-electron chi connectivity index (χ3n) is 5.36. The van der Waals surface area contributed by atoms with E-state index in [0.29, 0.717) is 6.54 Å². The molecule has 3 aromatic carbocycles. The van der Waals surface area contributed by atoms with Crippen molar-refractivity contribution >= 4 is 28.3 Å². The Labute approximate surface area is 184 Å². The first kappa shape index (κ1) is 22.5. The lowest BCUT2D eigenvalue weighted by atomic mass is 10.00. The van der Waals surface area contributed by atoms with Gasteiger partial charge in [0, 0.05) is 5.69 Å². The van der Waals surface area contributed by atoms with Gasteiger partial charge in [-0.15, -0.1) is 0 Å². The molecule has 31 heavy (non-hydrogen) atoms. The van der Waals surface area contributed by atoms with Crippen LogP contribution >= 0.6 is 0 Å². The van der Waals surface area contributed by atoms with Crippen LogP contribution in [0.1, 0.15) is 37.4 Å². The van der Waals surface area contributed by atoms with E-state index in [9.17, 15) is 9.59 Å². The van der Waals surface area contributed by atoms with E-state index in [1.807, 2.05) is 74.2 Å². The van der Waals surface area contributed by atoms with E-state index in [2.05, 4.69) is 28.8 Å². The van der Waals surface area contributed by atoms with Crippen molar-refractivity contribution in [1.29, 1.82) is 0 Å². The monoisotopic (exact) mass is 417 g/mol. The van der Waals surface area contributed by atoms with Gasteiger partial charge in [-0.05, 0) is 54.8 Å². The lowest BCUT2D eigenvalue weighted by Crippen LogP contribution is -2.42. The molecule has 0 saturated carbocycles. The molecule has 3 aromatic rings. The molecule has 5 nitrogen and oxygen atoms in total. The summed E-state index contributed by atoms with van der Waals surface area (Å²) in [5.74, 6) is -0.199. The zero-order valence-corrected chi connectivity index (χ0v) is 18.5. The van der Waals surface area contributed by atoms with Gasteiger partial charge in [-0.1, -0.05) is 67.6 Å². The molecule has 0 bridgehead atoms. The molecule has 0 radical (unpaired) electrons. The zero-order chi connectivity index (χ0) is 22.2. The van der Waals surface area contributed by atoms with Crippen molar-refractivity contribution < 1.29 is 9.59 Å². The lowest BCUT2D eigenvalue weighted by Gasteiger charge is -2.23. The van der Waals surface area contributed by atoms with Crippen LogP contribution in [0.15, 0.2) is 66.7 Å². The Morgan fingerprint density at radius 3 is 2.35 bits per heavy atom. The molecule has 3 rings (SSSR count). The summed E-state index contributed by atoms with van der Waals surface area (Å²) in [6, 6.07) is 21.9. The number of carbonyl (C=O) groups excluding carboxylic acids is 2. The van der Waals surface area contributed by atoms with Gasteiger partial charge in [0.05, 0.1) is 19.1 Å². The van der Waals surface area contributed by atoms with E-state index in [1.165, 1.54) is 0 Å². The van der Waals surface area contributed by atoms with Gasteiger partial charge in [0.25, 0.3) is 0 Å². The maximum absolute atomic E-state index is 12.8. The fourth-order valence-corrected chi connectivity index (χ4v) is 3.83. The molecule has 0 aliphatic heterocycles. The number of anilines is 1. The van der Waals surface area contributed by atoms with Gasteiger partial charge in [-0.3, -0.25) is 14.5 Å². The van der Waals surface area contributed by atoms with Crippen LogP contribution in [-0.2, 0) is 9.59 Å². The average Bonchev–Trinajstić information content (AvgIpc) is 2.75. The molecule has 0 fully saturated rings. The van der Waals surface area contributed by atoms with Crippen molar-refractivity contribution in [3.8, 4) is 0 Å². The molecule has 0 spiro atoms. The summed E-state index contributed by atoms with van der Waals surface area (Å²) < 4.78 is 0. The van der Waals surface area contributed by atoms with Gasteiger partial charge in [-0.25, -0.2) is 0 Å². The molecule has 1 atom stereocenters. The number of nitrogens with zero attached hydrogens (tertiary/aromatic N) is 1. The second-order valence-electron chi connectivity index (χ2n) is 7.93. The molecular formula is C26H31N3O2. The molecule has 5 heteroatoms. The SMILES string of the molecule is CCCN(CC(=O)Nc1ccccc1C)CC(=O)N[C@@H](C)c1cccc2ccccc12. The van der Waals surface area contributed by atoms with Crippen LogP contribution in [-0.4, -0.2) is 36.3 Å². The molecule has 2 N–H and O–H groups in total. The van der Waals surface area contributed by atoms with Gasteiger partial charge in [0.1, 0.15) is 0 Å². The second-order valence-corrected chi connectivity index (χ2v) is 7.93. The number of carbonyl (C=O) groups is 2. The number of benzene rings is 3. The Morgan fingerprint density at radius 2 is 1.58 bits per heavy atom. The number of rotatable bonds is 9. The highest BCUT2D eigenvalue weighted by Crippen LogP contribution is 2.24. The van der Waals surface area contributed by atoms with Crippen LogP contribution in [0.5, 0.6) is 0 Å². The van der Waals surface area contributed by atoms with Crippen LogP contribution in [0.3, 0.4) is 0 Å². The smallest absolute Gasteiger partial charge is 0.238 e. The standard InChI is InChI=1S/C26H31N3O2/c1-4-16-29(18-26(31)28-24-15-8-5-10-19(24)2)17-25(30)27-20(3)22-14-9-12-21-11-6-7-13-23(21)22/h5-15,20H,4,16-18H2,1-3H3,(H,27,30)(H,28,31)/t20-/m0/s1. The average molecular weight is 418 g/mol. The Hall–Kier alpha value is -3.18. The van der Waals surface area contributed by atoms with E-state index in [4.69, 9.17) is 0 Å². The van der Waals surface area contributed by atoms with Crippen molar-refractivity contribution in [2.75, 3.05) is 25.0 Å². The van der Waals surface area contributed by atoms with Gasteiger partial charge < -0.3 is 10.6 Å². The fraction of sp³-hybridized carbons (Fsp3) is 0.308. The summed E-state index contributed by atoms with van der Waals surface area (Å²) >= 11 is 0. The third kappa shape index (κ3) is 6.15. The van der Waals surface area contributed by atoms with Gasteiger partial charge in [-0.2, -0.15) is 0 Å². The molecule has 0 aliphatic carbocycles. The molecule has 0 aliphatic rings. The van der Waals surface area contributed by atoms with E-state index in [0.717, 1.165) is 34.0 Å². The molecule has 0 heterocycles. The normalized spacial score (nSPS) is 12.0. The van der Waals surface area contributed by atoms with Crippen LogP contribution in [0, 0.1) is 6.92 Å². The minimum Gasteiger partial charge on any atom is -0.348 e. The topological polar surface area (TPSA) is 61.4 Å². The van der Waals surface area contributed by atoms with Crippen LogP contribution in [0.4, 0.5) is 5.69 Å². The molecular weight excluding hydrogens is 386 g/mol. The largest absolute Gasteiger partial charge is 0.348 e. The number of aryl methyl sites for hydroxylation is 1. The first-order chi connectivity index (χ1) is 15.0. The van der Waals surface area contributed by atoms with Crippen molar-refractivity contribution in [3.05, 3.63) is 77.9 Å². The Kier molecular flexibility index (Phi) is 7.79. The lowest BCUT2D eigenvalue weighted by molar-refractivity contribution is -0.124. The number of amides is 2. The summed E-state index contributed by atoms with van der Waals surface area (Å²) in [6.45, 7) is 7.04. The number of hydrogen-bond acceptors (Lipinski definition) is 3. The minimum absolute atomic E-state index is 0.0856. The highest BCUT2D eigenvalue weighted by atomic mass is 16.2. The minimum atomic E-state index is -0.122. The summed E-state index contributed by atoms with van der Waals surface area (Å²) in [5.41, 5.74) is 2.91. The maximum Gasteiger partial charge on any atom is 0.238 e. The predicted molar refractivity (Wildman–Crippen MR) is 127 cm³/mol. The zero-order valence-electron chi connectivity index (χ0n) is 18.5. The van der Waals surface area contributed by atoms with Crippen molar-refractivity contribution in [2.45, 2.75) is 33.2 Å². The molecule has 162 valence electrons. The van der Waals surface area contributed by atoms with Crippen molar-refractivity contribution in [1.82, 2.24) is 10.2 Å². The van der Waals surface area contributed by atoms with Crippen LogP contribution < -0.4 is 10.6 Å². The highest BCUT2D eigenvalue weighted by Gasteiger charge is 2.17. The van der Waals surface area contributed by atoms with E-state index in [-0.39, 0.29) is 30.9 Å². The molecule has 2 amide bonds. The van der Waals surface area contributed by atoms with Crippen LogP contribution in [0.2, 0.25) is 0 Å². The first-order valence-corrected chi connectivity index (χ1v) is 10.8. The van der Waals surface area contributed by atoms with E-state index in [1.54, 1.807) is 0 Å². The summed E-state index contributed by atoms with van der Waals surface area (Å²) in [6.07, 6.45) is 0.865. The predicted octanol–water partition coefficient (Wildman–Crippen LogP) is 4.68. The summed E-state index contributed by atoms with van der Waals surface area (Å²) in [7, 11) is 0. The van der Waals surface area contributed by atoms with Gasteiger partial charge in [0.2, 0.25) is 11.8 Å². The second kappa shape index (κ2) is 10.7. The molecule has 0 unspecified atom stereocenters. The van der Waals surface area contributed by atoms with Gasteiger partial charge >= 0.3 is 0 Å². The van der Waals surface area contributed by atoms with Crippen molar-refractivity contribution in [3.63, 3.8) is 0 Å². The molecule has 0 saturated heterocycles. The fourth-order valence-electron chi connectivity index (χ4n) is 3.83. The van der Waals surface area contributed by atoms with E-state index < -0.39 is 0 Å². The quantitative estimate of drug-likeness (QED) is 0.532. The van der Waals surface area contributed by atoms with E-state index >= 15 is 0 Å². The Morgan fingerprint density at radius 1 is 0.903 bits per heavy atom. The first-order valence-electron chi connectivity index (χ1n) is 10.8. The summed E-state index contributed by atoms with van der Waals surface area (Å²) in [4.78, 5) is 27.2. The number of nitrogens with one attached hydrogen (secondary N) is 2. The maximum atomic E-state index is 12.8. The number of para-hydroxylation sites is 1. The van der Waals surface area contributed by atoms with Crippen molar-refractivity contribution in [2.24, 2.45) is 0 Å². The Balaban J connectivity index is 1.61. The number of fused-ring (bicyclic) bond motifs is 1. The van der Waals surface area contributed by atoms with Gasteiger partial charge in [0.15, 0.2) is 0 Å². The Bertz CT molecular complexity index is 1040. The molecule has 0 aromatic heterocycles. The third-order valence-corrected chi connectivity index (χ3v) is 5.36. The summed E-state index contributed by atoms with van der Waals surface area (Å²) in [5, 5.41) is 8.34. The van der Waals surface area contributed by atoms with Crippen LogP contribution in [0.25, 0.3) is 10.8 Å². The number of hydrogen-bond donors (Lipinski definition) is 2. The highest BCUT2D eigenvalue weighted by molar-refractivity contribution is 5.93.